The summed E-state index contributed by atoms with van der Waals surface area (Å²) in [5.74, 6) is 0.502. The molecule has 0 bridgehead atoms. The van der Waals surface area contributed by atoms with Gasteiger partial charge in [0.15, 0.2) is 0 Å². The Kier molecular flexibility index (Phi) is 6.06. The molecule has 1 aromatic rings. The Morgan fingerprint density at radius 3 is 2.35 bits per heavy atom. The summed E-state index contributed by atoms with van der Waals surface area (Å²) in [6.45, 7) is 1.36. The van der Waals surface area contributed by atoms with E-state index in [-0.39, 0.29) is 5.92 Å². The molecule has 0 aromatic heterocycles. The fourth-order valence-electron chi connectivity index (χ4n) is 2.97. The molecule has 0 unspecified atom stereocenters. The summed E-state index contributed by atoms with van der Waals surface area (Å²) in [7, 11) is 0. The van der Waals surface area contributed by atoms with Gasteiger partial charge in [-0.05, 0) is 37.9 Å². The molecular weight excluding hydrogens is 248 g/mol. The molecule has 110 valence electrons. The summed E-state index contributed by atoms with van der Waals surface area (Å²) in [5, 5.41) is 0. The Hall–Kier alpha value is -1.35. The topological polar surface area (TPSA) is 46.3 Å². The number of nitrogens with zero attached hydrogens (tertiary/aromatic N) is 1. The number of carbonyl (C=O) groups is 1. The van der Waals surface area contributed by atoms with Crippen molar-refractivity contribution in [1.29, 1.82) is 0 Å². The van der Waals surface area contributed by atoms with E-state index in [1.807, 2.05) is 35.2 Å². The molecule has 2 rings (SSSR count). The summed E-state index contributed by atoms with van der Waals surface area (Å²) in [5.41, 5.74) is 6.63. The van der Waals surface area contributed by atoms with Gasteiger partial charge in [-0.2, -0.15) is 0 Å². The number of nitrogens with two attached hydrogens (primary N) is 1. The van der Waals surface area contributed by atoms with Gasteiger partial charge >= 0.3 is 0 Å². The third-order valence-corrected chi connectivity index (χ3v) is 4.12. The fourth-order valence-corrected chi connectivity index (χ4v) is 2.97. The van der Waals surface area contributed by atoms with Gasteiger partial charge in [-0.1, -0.05) is 43.9 Å². The van der Waals surface area contributed by atoms with Crippen LogP contribution < -0.4 is 10.6 Å². The van der Waals surface area contributed by atoms with Crippen LogP contribution in [-0.2, 0) is 4.79 Å². The quantitative estimate of drug-likeness (QED) is 0.837. The monoisotopic (exact) mass is 274 g/mol. The Morgan fingerprint density at radius 2 is 1.75 bits per heavy atom. The van der Waals surface area contributed by atoms with Crippen molar-refractivity contribution in [3.05, 3.63) is 30.3 Å². The van der Waals surface area contributed by atoms with Crippen LogP contribution in [0.3, 0.4) is 0 Å². The van der Waals surface area contributed by atoms with E-state index in [0.29, 0.717) is 12.5 Å². The van der Waals surface area contributed by atoms with E-state index < -0.39 is 0 Å². The van der Waals surface area contributed by atoms with Crippen molar-refractivity contribution in [1.82, 2.24) is 0 Å². The third kappa shape index (κ3) is 4.07. The molecule has 0 spiro atoms. The minimum atomic E-state index is 0.204. The first kappa shape index (κ1) is 15.0. The molecule has 0 heterocycles. The van der Waals surface area contributed by atoms with Crippen LogP contribution in [0, 0.1) is 5.92 Å². The summed E-state index contributed by atoms with van der Waals surface area (Å²) < 4.78 is 0. The zero-order valence-corrected chi connectivity index (χ0v) is 12.3. The van der Waals surface area contributed by atoms with Crippen molar-refractivity contribution in [2.75, 3.05) is 18.0 Å². The lowest BCUT2D eigenvalue weighted by molar-refractivity contribution is -0.122. The van der Waals surface area contributed by atoms with Gasteiger partial charge in [0.1, 0.15) is 0 Å². The van der Waals surface area contributed by atoms with Gasteiger partial charge in [0, 0.05) is 18.2 Å². The predicted octanol–water partition coefficient (Wildman–Crippen LogP) is 3.34. The van der Waals surface area contributed by atoms with Crippen LogP contribution in [0.1, 0.15) is 44.9 Å². The van der Waals surface area contributed by atoms with Crippen molar-refractivity contribution in [3.8, 4) is 0 Å². The maximum Gasteiger partial charge on any atom is 0.230 e. The number of para-hydroxylation sites is 1. The van der Waals surface area contributed by atoms with Gasteiger partial charge in [-0.25, -0.2) is 0 Å². The van der Waals surface area contributed by atoms with Crippen molar-refractivity contribution in [3.63, 3.8) is 0 Å². The highest BCUT2D eigenvalue weighted by Crippen LogP contribution is 2.26. The van der Waals surface area contributed by atoms with Crippen molar-refractivity contribution < 1.29 is 4.79 Å². The number of benzene rings is 1. The highest BCUT2D eigenvalue weighted by molar-refractivity contribution is 5.95. The maximum absolute atomic E-state index is 12.8. The Morgan fingerprint density at radius 1 is 1.10 bits per heavy atom. The minimum Gasteiger partial charge on any atom is -0.330 e. The molecule has 20 heavy (non-hydrogen) atoms. The zero-order valence-electron chi connectivity index (χ0n) is 12.3. The number of rotatable bonds is 5. The van der Waals surface area contributed by atoms with Crippen molar-refractivity contribution >= 4 is 11.6 Å². The average molecular weight is 274 g/mol. The second-order valence-electron chi connectivity index (χ2n) is 5.66. The van der Waals surface area contributed by atoms with E-state index in [4.69, 9.17) is 5.73 Å². The molecule has 1 fully saturated rings. The highest BCUT2D eigenvalue weighted by atomic mass is 16.2. The molecule has 1 amide bonds. The molecule has 3 heteroatoms. The molecule has 0 atom stereocenters. The molecular formula is C17H26N2O. The van der Waals surface area contributed by atoms with Crippen LogP contribution in [0.15, 0.2) is 30.3 Å². The smallest absolute Gasteiger partial charge is 0.230 e. The van der Waals surface area contributed by atoms with Crippen LogP contribution in [0.2, 0.25) is 0 Å². The number of hydrogen-bond acceptors (Lipinski definition) is 2. The Balaban J connectivity index is 2.10. The summed E-state index contributed by atoms with van der Waals surface area (Å²) in [6, 6.07) is 10.0. The summed E-state index contributed by atoms with van der Waals surface area (Å²) in [4.78, 5) is 14.8. The fraction of sp³-hybridized carbons (Fsp3) is 0.588. The van der Waals surface area contributed by atoms with E-state index in [2.05, 4.69) is 0 Å². The number of hydrogen-bond donors (Lipinski definition) is 1. The molecule has 0 saturated heterocycles. The molecule has 1 aliphatic rings. The molecule has 1 saturated carbocycles. The van der Waals surface area contributed by atoms with E-state index in [0.717, 1.165) is 31.5 Å². The van der Waals surface area contributed by atoms with Gasteiger partial charge in [-0.3, -0.25) is 4.79 Å². The van der Waals surface area contributed by atoms with Gasteiger partial charge in [0.25, 0.3) is 0 Å². The van der Waals surface area contributed by atoms with Crippen LogP contribution in [0.5, 0.6) is 0 Å². The van der Waals surface area contributed by atoms with Gasteiger partial charge in [-0.15, -0.1) is 0 Å². The second-order valence-corrected chi connectivity index (χ2v) is 5.66. The van der Waals surface area contributed by atoms with E-state index in [9.17, 15) is 4.79 Å². The molecule has 0 aliphatic heterocycles. The largest absolute Gasteiger partial charge is 0.330 e. The van der Waals surface area contributed by atoms with Crippen LogP contribution in [0.25, 0.3) is 0 Å². The highest BCUT2D eigenvalue weighted by Gasteiger charge is 2.25. The first-order chi connectivity index (χ1) is 9.83. The molecule has 1 aromatic carbocycles. The summed E-state index contributed by atoms with van der Waals surface area (Å²) in [6.07, 6.45) is 7.88. The molecule has 0 radical (unpaired) electrons. The SMILES string of the molecule is NCCCN(C(=O)C1CCCCCC1)c1ccccc1. The van der Waals surface area contributed by atoms with Crippen LogP contribution in [0.4, 0.5) is 5.69 Å². The number of amides is 1. The first-order valence-electron chi connectivity index (χ1n) is 7.89. The van der Waals surface area contributed by atoms with Gasteiger partial charge < -0.3 is 10.6 Å². The first-order valence-corrected chi connectivity index (χ1v) is 7.89. The standard InChI is InChI=1S/C17H26N2O/c18-13-8-14-19(16-11-6-3-7-12-16)17(20)15-9-4-1-2-5-10-15/h3,6-7,11-12,15H,1-2,4-5,8-10,13-14,18H2. The lowest BCUT2D eigenvalue weighted by atomic mass is 9.98. The second kappa shape index (κ2) is 8.05. The predicted molar refractivity (Wildman–Crippen MR) is 83.7 cm³/mol. The maximum atomic E-state index is 12.8. The number of carbonyl (C=O) groups excluding carboxylic acids is 1. The third-order valence-electron chi connectivity index (χ3n) is 4.12. The van der Waals surface area contributed by atoms with Crippen LogP contribution in [-0.4, -0.2) is 19.0 Å². The van der Waals surface area contributed by atoms with Gasteiger partial charge in [0.2, 0.25) is 5.91 Å². The zero-order chi connectivity index (χ0) is 14.2. The number of anilines is 1. The Bertz CT molecular complexity index is 397. The normalized spacial score (nSPS) is 16.6. The minimum absolute atomic E-state index is 0.204. The van der Waals surface area contributed by atoms with E-state index in [1.165, 1.54) is 25.7 Å². The lowest BCUT2D eigenvalue weighted by Gasteiger charge is -2.27. The molecule has 3 nitrogen and oxygen atoms in total. The molecule has 1 aliphatic carbocycles. The van der Waals surface area contributed by atoms with Crippen molar-refractivity contribution in [2.24, 2.45) is 11.7 Å². The summed E-state index contributed by atoms with van der Waals surface area (Å²) >= 11 is 0. The van der Waals surface area contributed by atoms with Gasteiger partial charge in [0.05, 0.1) is 0 Å². The molecule has 2 N–H and O–H groups in total. The average Bonchev–Trinajstić information content (AvgIpc) is 2.77. The van der Waals surface area contributed by atoms with E-state index in [1.54, 1.807) is 0 Å². The lowest BCUT2D eigenvalue weighted by Crippen LogP contribution is -2.37. The Labute approximate surface area is 122 Å². The van der Waals surface area contributed by atoms with E-state index >= 15 is 0 Å². The van der Waals surface area contributed by atoms with Crippen LogP contribution >= 0.6 is 0 Å². The van der Waals surface area contributed by atoms with Crippen molar-refractivity contribution in [2.45, 2.75) is 44.9 Å².